The first-order valence-electron chi connectivity index (χ1n) is 10.4. The third kappa shape index (κ3) is 7.83. The number of rotatable bonds is 12. The minimum absolute atomic E-state index is 0.0370. The van der Waals surface area contributed by atoms with Gasteiger partial charge in [0.2, 0.25) is 0 Å². The van der Waals surface area contributed by atoms with Crippen LogP contribution >= 0.6 is 0 Å². The highest BCUT2D eigenvalue weighted by molar-refractivity contribution is 5.92. The molecular formula is C21H28F3N3O7. The third-order valence-corrected chi connectivity index (χ3v) is 4.26. The summed E-state index contributed by atoms with van der Waals surface area (Å²) in [6.07, 6.45) is -5.24. The number of nitrogens with zero attached hydrogens (tertiary/aromatic N) is 2. The number of hydrogen-bond acceptors (Lipinski definition) is 9. The number of nitrogens with one attached hydrogen (secondary N) is 1. The zero-order valence-electron chi connectivity index (χ0n) is 19.4. The highest BCUT2D eigenvalue weighted by Crippen LogP contribution is 2.53. The van der Waals surface area contributed by atoms with Crippen molar-refractivity contribution in [1.82, 2.24) is 5.32 Å². The van der Waals surface area contributed by atoms with Crippen molar-refractivity contribution in [3.63, 3.8) is 0 Å². The van der Waals surface area contributed by atoms with Crippen LogP contribution in [0, 0.1) is 0 Å². The van der Waals surface area contributed by atoms with Gasteiger partial charge in [0.25, 0.3) is 0 Å². The lowest BCUT2D eigenvalue weighted by molar-refractivity contribution is -0.166. The molecule has 1 N–H and O–H groups in total. The topological polar surface area (TPSA) is 117 Å². The molecule has 0 saturated heterocycles. The Morgan fingerprint density at radius 2 is 1.62 bits per heavy atom. The van der Waals surface area contributed by atoms with Gasteiger partial charge in [-0.1, -0.05) is 6.07 Å². The molecule has 1 amide bonds. The summed E-state index contributed by atoms with van der Waals surface area (Å²) in [6.45, 7) is 6.31. The molecule has 13 heteroatoms. The molecule has 0 bridgehead atoms. The summed E-state index contributed by atoms with van der Waals surface area (Å²) in [5, 5.41) is 8.84. The monoisotopic (exact) mass is 491 g/mol. The number of amides is 1. The number of hydrogen-bond donors (Lipinski definition) is 1. The molecule has 2 rings (SSSR count). The number of carbonyl (C=O) groups excluding carboxylic acids is 2. The van der Waals surface area contributed by atoms with Gasteiger partial charge in [-0.2, -0.15) is 13.2 Å². The summed E-state index contributed by atoms with van der Waals surface area (Å²) in [4.78, 5) is 23.4. The summed E-state index contributed by atoms with van der Waals surface area (Å²) in [5.41, 5.74) is -3.52. The molecule has 0 spiro atoms. The van der Waals surface area contributed by atoms with Crippen LogP contribution in [-0.2, 0) is 24.6 Å². The molecule has 190 valence electrons. The molecular weight excluding hydrogens is 463 g/mol. The number of methoxy groups -OCH3 is 1. The molecule has 0 atom stereocenters. The maximum atomic E-state index is 13.3. The van der Waals surface area contributed by atoms with Crippen molar-refractivity contribution < 1.29 is 46.4 Å². The molecule has 1 heterocycles. The molecule has 0 saturated carbocycles. The number of alkyl halides is 3. The second-order valence-corrected chi connectivity index (χ2v) is 8.07. The fourth-order valence-corrected chi connectivity index (χ4v) is 2.65. The van der Waals surface area contributed by atoms with E-state index < -0.39 is 29.5 Å². The van der Waals surface area contributed by atoms with Gasteiger partial charge in [-0.25, -0.2) is 9.59 Å². The number of alkyl carbamates (subject to hydrolysis) is 1. The van der Waals surface area contributed by atoms with E-state index in [1.807, 2.05) is 0 Å². The van der Waals surface area contributed by atoms with Crippen LogP contribution < -0.4 is 10.1 Å². The zero-order chi connectivity index (χ0) is 25.4. The number of ether oxygens (including phenoxy) is 5. The van der Waals surface area contributed by atoms with Gasteiger partial charge < -0.3 is 29.0 Å². The van der Waals surface area contributed by atoms with Gasteiger partial charge >= 0.3 is 23.9 Å². The first-order valence-corrected chi connectivity index (χ1v) is 10.4. The van der Waals surface area contributed by atoms with Gasteiger partial charge in [-0.3, -0.25) is 0 Å². The van der Waals surface area contributed by atoms with Crippen LogP contribution in [-0.4, -0.2) is 70.5 Å². The first kappa shape index (κ1) is 27.3. The van der Waals surface area contributed by atoms with Crippen molar-refractivity contribution >= 4 is 12.1 Å². The molecule has 1 aliphatic heterocycles. The van der Waals surface area contributed by atoms with E-state index in [9.17, 15) is 22.8 Å². The highest BCUT2D eigenvalue weighted by Gasteiger charge is 2.65. The van der Waals surface area contributed by atoms with Crippen molar-refractivity contribution in [3.05, 3.63) is 29.3 Å². The first-order chi connectivity index (χ1) is 15.9. The van der Waals surface area contributed by atoms with E-state index in [2.05, 4.69) is 20.3 Å². The van der Waals surface area contributed by atoms with Crippen LogP contribution in [0.5, 0.6) is 5.75 Å². The van der Waals surface area contributed by atoms with E-state index in [-0.39, 0.29) is 56.5 Å². The van der Waals surface area contributed by atoms with Crippen LogP contribution in [0.4, 0.5) is 18.0 Å². The molecule has 0 aliphatic carbocycles. The maximum absolute atomic E-state index is 13.3. The Bertz CT molecular complexity index is 879. The van der Waals surface area contributed by atoms with Crippen LogP contribution in [0.15, 0.2) is 28.4 Å². The Morgan fingerprint density at radius 3 is 2.18 bits per heavy atom. The summed E-state index contributed by atoms with van der Waals surface area (Å²) in [5.74, 6) is -0.861. The second kappa shape index (κ2) is 11.5. The number of halogens is 3. The lowest BCUT2D eigenvalue weighted by atomic mass is 10.0. The van der Waals surface area contributed by atoms with Gasteiger partial charge in [-0.15, -0.1) is 10.2 Å². The summed E-state index contributed by atoms with van der Waals surface area (Å²) in [7, 11) is 1.15. The van der Waals surface area contributed by atoms with Crippen LogP contribution in [0.2, 0.25) is 0 Å². The van der Waals surface area contributed by atoms with Crippen LogP contribution in [0.25, 0.3) is 0 Å². The Balaban J connectivity index is 1.72. The average molecular weight is 491 g/mol. The Hall–Kier alpha value is -2.93. The standard InChI is InChI=1S/C21H28F3N3O7/c1-19(2,3)34-18(29)25-7-8-31-9-10-32-11-12-33-16-13-14(5-6-15(16)17(28)30-4)20(26-27-20)21(22,23)24/h5-6,13H,7-12H2,1-4H3,(H,25,29). The normalized spacial score (nSPS) is 14.4. The van der Waals surface area contributed by atoms with Crippen molar-refractivity contribution in [2.45, 2.75) is 38.2 Å². The molecule has 0 radical (unpaired) electrons. The molecule has 10 nitrogen and oxygen atoms in total. The fraction of sp³-hybridized carbons (Fsp3) is 0.619. The Labute approximate surface area is 194 Å². The van der Waals surface area contributed by atoms with Crippen LogP contribution in [0.3, 0.4) is 0 Å². The summed E-state index contributed by atoms with van der Waals surface area (Å²) >= 11 is 0. The fourth-order valence-electron chi connectivity index (χ4n) is 2.65. The summed E-state index contributed by atoms with van der Waals surface area (Å²) < 4.78 is 65.7. The SMILES string of the molecule is COC(=O)c1ccc(C2(C(F)(F)F)N=N2)cc1OCCOCCOCCNC(=O)OC(C)(C)C. The average Bonchev–Trinajstić information content (AvgIpc) is 3.55. The Morgan fingerprint density at radius 1 is 1.00 bits per heavy atom. The van der Waals surface area contributed by atoms with Gasteiger partial charge in [0.15, 0.2) is 0 Å². The second-order valence-electron chi connectivity index (χ2n) is 8.07. The quantitative estimate of drug-likeness (QED) is 0.351. The van der Waals surface area contributed by atoms with Crippen LogP contribution in [0.1, 0.15) is 36.7 Å². The molecule has 1 aromatic rings. The largest absolute Gasteiger partial charge is 0.490 e. The lowest BCUT2D eigenvalue weighted by Crippen LogP contribution is -2.34. The smallest absolute Gasteiger partial charge is 0.442 e. The molecule has 1 aliphatic rings. The number of carbonyl (C=O) groups is 2. The van der Waals surface area contributed by atoms with E-state index >= 15 is 0 Å². The Kier molecular flexibility index (Phi) is 9.21. The summed E-state index contributed by atoms with van der Waals surface area (Å²) in [6, 6.07) is 3.35. The molecule has 0 aromatic heterocycles. The molecule has 34 heavy (non-hydrogen) atoms. The van der Waals surface area contributed by atoms with Gasteiger partial charge in [-0.05, 0) is 32.9 Å². The number of esters is 1. The molecule has 1 aromatic carbocycles. The minimum Gasteiger partial charge on any atom is -0.490 e. The number of benzene rings is 1. The van der Waals surface area contributed by atoms with Crippen molar-refractivity contribution in [2.75, 3.05) is 46.7 Å². The van der Waals surface area contributed by atoms with Crippen molar-refractivity contribution in [2.24, 2.45) is 10.2 Å². The predicted molar refractivity (Wildman–Crippen MR) is 112 cm³/mol. The van der Waals surface area contributed by atoms with Gasteiger partial charge in [0.1, 0.15) is 23.5 Å². The van der Waals surface area contributed by atoms with Crippen molar-refractivity contribution in [1.29, 1.82) is 0 Å². The highest BCUT2D eigenvalue weighted by atomic mass is 19.4. The van der Waals surface area contributed by atoms with E-state index in [0.717, 1.165) is 19.2 Å². The molecule has 0 unspecified atom stereocenters. The molecule has 0 fully saturated rings. The van der Waals surface area contributed by atoms with E-state index in [1.165, 1.54) is 6.07 Å². The van der Waals surface area contributed by atoms with E-state index in [0.29, 0.717) is 0 Å². The third-order valence-electron chi connectivity index (χ3n) is 4.26. The van der Waals surface area contributed by atoms with E-state index in [4.69, 9.17) is 18.9 Å². The predicted octanol–water partition coefficient (Wildman–Crippen LogP) is 3.59. The maximum Gasteiger partial charge on any atom is 0.442 e. The lowest BCUT2D eigenvalue weighted by Gasteiger charge is -2.19. The van der Waals surface area contributed by atoms with Gasteiger partial charge in [0, 0.05) is 12.1 Å². The van der Waals surface area contributed by atoms with Gasteiger partial charge in [0.05, 0.1) is 33.5 Å². The van der Waals surface area contributed by atoms with Crippen molar-refractivity contribution in [3.8, 4) is 5.75 Å². The van der Waals surface area contributed by atoms with E-state index in [1.54, 1.807) is 20.8 Å². The minimum atomic E-state index is -4.71. The zero-order valence-corrected chi connectivity index (χ0v) is 19.4.